The zero-order valence-corrected chi connectivity index (χ0v) is 12.3. The predicted octanol–water partition coefficient (Wildman–Crippen LogP) is 1.58. The van der Waals surface area contributed by atoms with Crippen molar-refractivity contribution < 1.29 is 14.6 Å². The van der Waals surface area contributed by atoms with Gasteiger partial charge >= 0.3 is 6.03 Å². The van der Waals surface area contributed by atoms with Gasteiger partial charge in [0.15, 0.2) is 0 Å². The molecule has 21 heavy (non-hydrogen) atoms. The molecule has 6 nitrogen and oxygen atoms in total. The molecule has 6 heteroatoms. The van der Waals surface area contributed by atoms with Crippen LogP contribution in [0.25, 0.3) is 0 Å². The Morgan fingerprint density at radius 3 is 2.86 bits per heavy atom. The second-order valence-electron chi connectivity index (χ2n) is 5.44. The third-order valence-corrected chi connectivity index (χ3v) is 3.49. The number of nitrogens with zero attached hydrogens (tertiary/aromatic N) is 1. The maximum absolute atomic E-state index is 11.5. The molecular weight excluding hydrogens is 270 g/mol. The summed E-state index contributed by atoms with van der Waals surface area (Å²) in [5.74, 6) is 0.643. The molecule has 1 aromatic heterocycles. The molecule has 0 bridgehead atoms. The molecule has 116 valence electrons. The minimum Gasteiger partial charge on any atom is -0.474 e. The molecule has 0 aliphatic heterocycles. The standard InChI is InChI=1S/C15H23N3O3/c1-11(10-19)18-15(20)17-9-12-6-7-14(16-8-12)21-13-4-2-3-5-13/h6-8,11,13,19H,2-5,9-10H2,1H3,(H2,17,18,20). The largest absolute Gasteiger partial charge is 0.474 e. The minimum absolute atomic E-state index is 0.0812. The van der Waals surface area contributed by atoms with Crippen LogP contribution in [-0.2, 0) is 6.54 Å². The molecule has 0 radical (unpaired) electrons. The lowest BCUT2D eigenvalue weighted by atomic mass is 10.3. The number of hydrogen-bond acceptors (Lipinski definition) is 4. The first-order chi connectivity index (χ1) is 10.2. The molecule has 1 aliphatic rings. The van der Waals surface area contributed by atoms with Crippen molar-refractivity contribution in [1.82, 2.24) is 15.6 Å². The van der Waals surface area contributed by atoms with E-state index in [1.807, 2.05) is 12.1 Å². The number of hydrogen-bond donors (Lipinski definition) is 3. The number of urea groups is 1. The topological polar surface area (TPSA) is 83.5 Å². The normalized spacial score (nSPS) is 16.5. The lowest BCUT2D eigenvalue weighted by Gasteiger charge is -2.13. The SMILES string of the molecule is CC(CO)NC(=O)NCc1ccc(OC2CCCC2)nc1. The van der Waals surface area contributed by atoms with E-state index < -0.39 is 0 Å². The monoisotopic (exact) mass is 293 g/mol. The second kappa shape index (κ2) is 7.83. The molecule has 1 unspecified atom stereocenters. The molecule has 1 saturated carbocycles. The fourth-order valence-electron chi connectivity index (χ4n) is 2.26. The third kappa shape index (κ3) is 5.23. The maximum Gasteiger partial charge on any atom is 0.315 e. The fraction of sp³-hybridized carbons (Fsp3) is 0.600. The van der Waals surface area contributed by atoms with Crippen LogP contribution < -0.4 is 15.4 Å². The molecule has 0 aromatic carbocycles. The molecule has 1 aromatic rings. The highest BCUT2D eigenvalue weighted by Crippen LogP contribution is 2.22. The molecule has 1 fully saturated rings. The number of amides is 2. The lowest BCUT2D eigenvalue weighted by Crippen LogP contribution is -2.41. The summed E-state index contributed by atoms with van der Waals surface area (Å²) in [6.07, 6.45) is 6.68. The summed E-state index contributed by atoms with van der Waals surface area (Å²) in [5, 5.41) is 14.2. The smallest absolute Gasteiger partial charge is 0.315 e. The lowest BCUT2D eigenvalue weighted by molar-refractivity contribution is 0.201. The number of ether oxygens (including phenoxy) is 1. The van der Waals surface area contributed by atoms with Crippen molar-refractivity contribution in [1.29, 1.82) is 0 Å². The Bertz CT molecular complexity index is 444. The fourth-order valence-corrected chi connectivity index (χ4v) is 2.26. The Morgan fingerprint density at radius 1 is 1.48 bits per heavy atom. The number of nitrogens with one attached hydrogen (secondary N) is 2. The van der Waals surface area contributed by atoms with Gasteiger partial charge in [-0.2, -0.15) is 0 Å². The zero-order valence-electron chi connectivity index (χ0n) is 12.3. The van der Waals surface area contributed by atoms with Crippen molar-refractivity contribution in [3.8, 4) is 5.88 Å². The highest BCUT2D eigenvalue weighted by Gasteiger charge is 2.16. The van der Waals surface area contributed by atoms with Crippen molar-refractivity contribution in [3.05, 3.63) is 23.9 Å². The van der Waals surface area contributed by atoms with Gasteiger partial charge in [0.05, 0.1) is 12.6 Å². The average molecular weight is 293 g/mol. The number of pyridine rings is 1. The Kier molecular flexibility index (Phi) is 5.80. The molecular formula is C15H23N3O3. The number of aliphatic hydroxyl groups excluding tert-OH is 1. The molecule has 1 heterocycles. The molecule has 2 amide bonds. The molecule has 3 N–H and O–H groups in total. The van der Waals surface area contributed by atoms with Gasteiger partial charge in [-0.25, -0.2) is 9.78 Å². The molecule has 1 aliphatic carbocycles. The van der Waals surface area contributed by atoms with Gasteiger partial charge in [0.25, 0.3) is 0 Å². The first-order valence-electron chi connectivity index (χ1n) is 7.44. The van der Waals surface area contributed by atoms with E-state index in [1.165, 1.54) is 12.8 Å². The molecule has 1 atom stereocenters. The van der Waals surface area contributed by atoms with E-state index in [1.54, 1.807) is 13.1 Å². The van der Waals surface area contributed by atoms with Gasteiger partial charge in [-0.05, 0) is 38.2 Å². The first-order valence-corrected chi connectivity index (χ1v) is 7.44. The number of carbonyl (C=O) groups is 1. The predicted molar refractivity (Wildman–Crippen MR) is 79.0 cm³/mol. The van der Waals surface area contributed by atoms with E-state index in [0.29, 0.717) is 18.5 Å². The Hall–Kier alpha value is -1.82. The van der Waals surface area contributed by atoms with Crippen LogP contribution >= 0.6 is 0 Å². The van der Waals surface area contributed by atoms with Gasteiger partial charge in [-0.1, -0.05) is 6.07 Å². The number of aliphatic hydroxyl groups is 1. The van der Waals surface area contributed by atoms with Gasteiger partial charge < -0.3 is 20.5 Å². The van der Waals surface area contributed by atoms with E-state index in [-0.39, 0.29) is 18.7 Å². The van der Waals surface area contributed by atoms with Gasteiger partial charge in [0.1, 0.15) is 6.10 Å². The summed E-state index contributed by atoms with van der Waals surface area (Å²) < 4.78 is 5.78. The van der Waals surface area contributed by atoms with Gasteiger partial charge in [0.2, 0.25) is 5.88 Å². The van der Waals surface area contributed by atoms with E-state index in [9.17, 15) is 4.79 Å². The second-order valence-corrected chi connectivity index (χ2v) is 5.44. The third-order valence-electron chi connectivity index (χ3n) is 3.49. The zero-order chi connectivity index (χ0) is 15.1. The Morgan fingerprint density at radius 2 is 2.24 bits per heavy atom. The van der Waals surface area contributed by atoms with Crippen molar-refractivity contribution in [3.63, 3.8) is 0 Å². The summed E-state index contributed by atoms with van der Waals surface area (Å²) >= 11 is 0. The van der Waals surface area contributed by atoms with Crippen LogP contribution in [0.3, 0.4) is 0 Å². The summed E-state index contributed by atoms with van der Waals surface area (Å²) in [5.41, 5.74) is 0.903. The van der Waals surface area contributed by atoms with Crippen molar-refractivity contribution in [2.75, 3.05) is 6.61 Å². The van der Waals surface area contributed by atoms with E-state index in [2.05, 4.69) is 15.6 Å². The van der Waals surface area contributed by atoms with Gasteiger partial charge in [0, 0.05) is 18.8 Å². The van der Waals surface area contributed by atoms with Gasteiger partial charge in [-0.3, -0.25) is 0 Å². The minimum atomic E-state index is -0.303. The van der Waals surface area contributed by atoms with Crippen LogP contribution in [0.1, 0.15) is 38.2 Å². The van der Waals surface area contributed by atoms with Crippen LogP contribution in [0.2, 0.25) is 0 Å². The van der Waals surface area contributed by atoms with Crippen LogP contribution in [0, 0.1) is 0 Å². The van der Waals surface area contributed by atoms with E-state index in [0.717, 1.165) is 18.4 Å². The van der Waals surface area contributed by atoms with Crippen LogP contribution in [0.5, 0.6) is 5.88 Å². The first kappa shape index (κ1) is 15.6. The van der Waals surface area contributed by atoms with Crippen LogP contribution in [0.15, 0.2) is 18.3 Å². The van der Waals surface area contributed by atoms with E-state index >= 15 is 0 Å². The average Bonchev–Trinajstić information content (AvgIpc) is 2.99. The summed E-state index contributed by atoms with van der Waals surface area (Å²) in [6, 6.07) is 3.17. The Balaban J connectivity index is 1.75. The summed E-state index contributed by atoms with van der Waals surface area (Å²) in [4.78, 5) is 15.8. The van der Waals surface area contributed by atoms with Crippen molar-refractivity contribution >= 4 is 6.03 Å². The number of carbonyl (C=O) groups excluding carboxylic acids is 1. The quantitative estimate of drug-likeness (QED) is 0.743. The van der Waals surface area contributed by atoms with Crippen molar-refractivity contribution in [2.45, 2.75) is 51.3 Å². The molecule has 0 saturated heterocycles. The van der Waals surface area contributed by atoms with Crippen molar-refractivity contribution in [2.24, 2.45) is 0 Å². The Labute approximate surface area is 124 Å². The summed E-state index contributed by atoms with van der Waals surface area (Å²) in [7, 11) is 0. The highest BCUT2D eigenvalue weighted by molar-refractivity contribution is 5.74. The number of aromatic nitrogens is 1. The summed E-state index contributed by atoms with van der Waals surface area (Å²) in [6.45, 7) is 2.04. The van der Waals surface area contributed by atoms with E-state index in [4.69, 9.17) is 9.84 Å². The van der Waals surface area contributed by atoms with Crippen LogP contribution in [0.4, 0.5) is 4.79 Å². The maximum atomic E-state index is 11.5. The van der Waals surface area contributed by atoms with Gasteiger partial charge in [-0.15, -0.1) is 0 Å². The highest BCUT2D eigenvalue weighted by atomic mass is 16.5. The van der Waals surface area contributed by atoms with Crippen LogP contribution in [-0.4, -0.2) is 34.9 Å². The number of rotatable bonds is 6. The molecule has 0 spiro atoms. The molecule has 2 rings (SSSR count).